The van der Waals surface area contributed by atoms with Gasteiger partial charge in [0.2, 0.25) is 5.95 Å². The van der Waals surface area contributed by atoms with Gasteiger partial charge in [-0.1, -0.05) is 18.2 Å². The van der Waals surface area contributed by atoms with Crippen LogP contribution in [0.4, 0.5) is 13.6 Å². The van der Waals surface area contributed by atoms with Crippen LogP contribution in [0.15, 0.2) is 36.4 Å². The smallest absolute Gasteiger partial charge is 0.410 e. The maximum absolute atomic E-state index is 15.1. The fraction of sp³-hybridized carbons (Fsp3) is 0.429. The molecule has 1 aromatic heterocycles. The highest BCUT2D eigenvalue weighted by Crippen LogP contribution is 2.27. The Morgan fingerprint density at radius 2 is 1.95 bits per heavy atom. The Morgan fingerprint density at radius 1 is 1.23 bits per heavy atom. The van der Waals surface area contributed by atoms with Crippen molar-refractivity contribution in [3.05, 3.63) is 53.7 Å². The fourth-order valence-corrected chi connectivity index (χ4v) is 4.37. The zero-order chi connectivity index (χ0) is 28.3. The Morgan fingerprint density at radius 3 is 2.64 bits per heavy atom. The Labute approximate surface area is 225 Å². The Hall–Kier alpha value is -4.04. The topological polar surface area (TPSA) is 109 Å². The predicted octanol–water partition coefficient (Wildman–Crippen LogP) is 4.10. The van der Waals surface area contributed by atoms with E-state index in [-0.39, 0.29) is 25.1 Å². The second kappa shape index (κ2) is 11.4. The van der Waals surface area contributed by atoms with Gasteiger partial charge >= 0.3 is 6.09 Å². The third kappa shape index (κ3) is 6.70. The molecule has 2 heterocycles. The summed E-state index contributed by atoms with van der Waals surface area (Å²) in [5.41, 5.74) is 1.40. The number of rotatable bonds is 5. The molecule has 1 aliphatic heterocycles. The van der Waals surface area contributed by atoms with E-state index >= 15 is 4.39 Å². The van der Waals surface area contributed by atoms with Crippen LogP contribution in [0.5, 0.6) is 0 Å². The zero-order valence-corrected chi connectivity index (χ0v) is 22.3. The molecule has 1 N–H and O–H groups in total. The number of aryl methyl sites for hydroxylation is 1. The number of benzene rings is 2. The summed E-state index contributed by atoms with van der Waals surface area (Å²) >= 11 is 0. The molecule has 2 amide bonds. The first-order valence-corrected chi connectivity index (χ1v) is 12.7. The number of amides is 2. The molecule has 0 radical (unpaired) electrons. The highest BCUT2D eigenvalue weighted by molar-refractivity contribution is 5.85. The van der Waals surface area contributed by atoms with Gasteiger partial charge in [0.1, 0.15) is 17.5 Å². The van der Waals surface area contributed by atoms with E-state index in [2.05, 4.69) is 10.4 Å². The lowest BCUT2D eigenvalue weighted by atomic mass is 9.99. The lowest BCUT2D eigenvalue weighted by Crippen LogP contribution is -2.48. The van der Waals surface area contributed by atoms with Gasteiger partial charge in [-0.05, 0) is 62.1 Å². The summed E-state index contributed by atoms with van der Waals surface area (Å²) in [5, 5.41) is 16.4. The first kappa shape index (κ1) is 28.0. The van der Waals surface area contributed by atoms with Crippen LogP contribution < -0.4 is 5.32 Å². The zero-order valence-electron chi connectivity index (χ0n) is 22.3. The van der Waals surface area contributed by atoms with Crippen molar-refractivity contribution in [2.24, 2.45) is 7.05 Å². The molecule has 3 aromatic rings. The van der Waals surface area contributed by atoms with Crippen molar-refractivity contribution in [1.29, 1.82) is 5.26 Å². The minimum absolute atomic E-state index is 0.0210. The van der Waals surface area contributed by atoms with Gasteiger partial charge in [-0.3, -0.25) is 9.48 Å². The van der Waals surface area contributed by atoms with Crippen LogP contribution in [-0.2, 0) is 27.7 Å². The number of fused-ring (bicyclic) bond motifs is 1. The molecule has 1 saturated heterocycles. The van der Waals surface area contributed by atoms with Crippen LogP contribution in [0.3, 0.4) is 0 Å². The molecule has 2 atom stereocenters. The molecule has 2 aromatic carbocycles. The van der Waals surface area contributed by atoms with Crippen LogP contribution in [0.25, 0.3) is 22.0 Å². The van der Waals surface area contributed by atoms with E-state index < -0.39 is 41.5 Å². The monoisotopic (exact) mass is 539 g/mol. The van der Waals surface area contributed by atoms with Gasteiger partial charge in [-0.2, -0.15) is 9.65 Å². The van der Waals surface area contributed by atoms with E-state index in [0.717, 1.165) is 0 Å². The van der Waals surface area contributed by atoms with Gasteiger partial charge in [0.05, 0.1) is 23.5 Å². The van der Waals surface area contributed by atoms with Crippen molar-refractivity contribution in [3.8, 4) is 17.2 Å². The summed E-state index contributed by atoms with van der Waals surface area (Å²) in [6, 6.07) is 10.6. The molecule has 1 fully saturated rings. The summed E-state index contributed by atoms with van der Waals surface area (Å²) in [5.74, 6) is -1.68. The molecule has 39 heavy (non-hydrogen) atoms. The van der Waals surface area contributed by atoms with Crippen LogP contribution >= 0.6 is 0 Å². The molecule has 1 aliphatic rings. The molecule has 0 unspecified atom stereocenters. The lowest BCUT2D eigenvalue weighted by Gasteiger charge is -2.27. The largest absolute Gasteiger partial charge is 0.444 e. The number of aromatic nitrogens is 2. The molecule has 206 valence electrons. The van der Waals surface area contributed by atoms with Crippen molar-refractivity contribution in [3.63, 3.8) is 0 Å². The van der Waals surface area contributed by atoms with Crippen LogP contribution in [0.2, 0.25) is 0 Å². The summed E-state index contributed by atoms with van der Waals surface area (Å²) in [7, 11) is 1.63. The van der Waals surface area contributed by atoms with Gasteiger partial charge < -0.3 is 19.7 Å². The second-order valence-electron chi connectivity index (χ2n) is 10.5. The fourth-order valence-electron chi connectivity index (χ4n) is 4.37. The van der Waals surface area contributed by atoms with E-state index in [4.69, 9.17) is 9.47 Å². The van der Waals surface area contributed by atoms with E-state index in [1.807, 2.05) is 6.07 Å². The Bertz CT molecular complexity index is 1430. The number of hydrogen-bond donors (Lipinski definition) is 1. The number of halogens is 2. The standard InChI is InChI=1S/C28H31F2N5O4/c1-28(2,3)39-27(37)35-10-5-11-38-24(16-35)26(36)32-20(15-31)12-19-7-6-17(13-22(19)29)18-8-9-21-23(14-18)34(4)33-25(21)30/h6-9,13-14,20,24H,5,10-12,16H2,1-4H3,(H,32,36)/t20-,24-/m0/s1. The summed E-state index contributed by atoms with van der Waals surface area (Å²) in [6.07, 6.45) is -1.07. The number of ether oxygens (including phenoxy) is 2. The van der Waals surface area contributed by atoms with Crippen LogP contribution in [0.1, 0.15) is 32.8 Å². The summed E-state index contributed by atoms with van der Waals surface area (Å²) in [4.78, 5) is 26.9. The maximum atomic E-state index is 15.1. The summed E-state index contributed by atoms with van der Waals surface area (Å²) in [6.45, 7) is 5.89. The molecular formula is C28H31F2N5O4. The number of hydrogen-bond acceptors (Lipinski definition) is 6. The molecule has 4 rings (SSSR count). The molecule has 0 bridgehead atoms. The van der Waals surface area contributed by atoms with Gasteiger partial charge in [-0.15, -0.1) is 5.10 Å². The molecule has 0 aliphatic carbocycles. The SMILES string of the molecule is Cn1nc(F)c2ccc(-c3ccc(C[C@@H](C#N)NC(=O)[C@@H]4CN(C(=O)OC(C)(C)C)CCCO4)c(F)c3)cc21. The van der Waals surface area contributed by atoms with Crippen molar-refractivity contribution < 1.29 is 27.8 Å². The quantitative estimate of drug-likeness (QED) is 0.523. The number of nitrogens with zero attached hydrogens (tertiary/aromatic N) is 4. The van der Waals surface area contributed by atoms with Crippen molar-refractivity contribution in [2.75, 3.05) is 19.7 Å². The third-order valence-electron chi connectivity index (χ3n) is 6.31. The van der Waals surface area contributed by atoms with E-state index in [9.17, 15) is 19.2 Å². The van der Waals surface area contributed by atoms with Crippen LogP contribution in [-0.4, -0.2) is 64.1 Å². The van der Waals surface area contributed by atoms with Crippen molar-refractivity contribution >= 4 is 22.9 Å². The minimum Gasteiger partial charge on any atom is -0.444 e. The van der Waals surface area contributed by atoms with Crippen molar-refractivity contribution in [1.82, 2.24) is 20.0 Å². The number of nitrogens with one attached hydrogen (secondary N) is 1. The van der Waals surface area contributed by atoms with E-state index in [0.29, 0.717) is 35.0 Å². The average molecular weight is 540 g/mol. The predicted molar refractivity (Wildman–Crippen MR) is 139 cm³/mol. The number of carbonyl (C=O) groups is 2. The Kier molecular flexibility index (Phi) is 8.16. The van der Waals surface area contributed by atoms with Gasteiger partial charge in [0.25, 0.3) is 5.91 Å². The van der Waals surface area contributed by atoms with Gasteiger partial charge in [0, 0.05) is 26.6 Å². The van der Waals surface area contributed by atoms with Gasteiger partial charge in [0.15, 0.2) is 6.10 Å². The summed E-state index contributed by atoms with van der Waals surface area (Å²) < 4.78 is 41.4. The van der Waals surface area contributed by atoms with E-state index in [1.165, 1.54) is 15.6 Å². The number of carbonyl (C=O) groups excluding carboxylic acids is 2. The van der Waals surface area contributed by atoms with Crippen molar-refractivity contribution in [2.45, 2.75) is 51.4 Å². The molecular weight excluding hydrogens is 508 g/mol. The molecule has 11 heteroatoms. The minimum atomic E-state index is -1.02. The average Bonchev–Trinajstić information content (AvgIpc) is 3.03. The lowest BCUT2D eigenvalue weighted by molar-refractivity contribution is -0.133. The van der Waals surface area contributed by atoms with E-state index in [1.54, 1.807) is 58.2 Å². The first-order valence-electron chi connectivity index (χ1n) is 12.7. The highest BCUT2D eigenvalue weighted by atomic mass is 19.1. The molecule has 0 spiro atoms. The highest BCUT2D eigenvalue weighted by Gasteiger charge is 2.31. The normalized spacial score (nSPS) is 16.8. The number of nitriles is 1. The molecule has 9 nitrogen and oxygen atoms in total. The van der Waals surface area contributed by atoms with Gasteiger partial charge in [-0.25, -0.2) is 9.18 Å². The maximum Gasteiger partial charge on any atom is 0.410 e. The third-order valence-corrected chi connectivity index (χ3v) is 6.31. The molecule has 0 saturated carbocycles. The van der Waals surface area contributed by atoms with Crippen LogP contribution in [0, 0.1) is 23.1 Å². The second-order valence-corrected chi connectivity index (χ2v) is 10.5. The Balaban J connectivity index is 1.43. The first-order chi connectivity index (χ1) is 18.4.